The molecule has 1 aromatic rings. The van der Waals surface area contributed by atoms with Crippen LogP contribution in [0.3, 0.4) is 0 Å². The lowest BCUT2D eigenvalue weighted by molar-refractivity contribution is -0.137. The number of carbonyl (C=O) groups excluding carboxylic acids is 2. The molecule has 0 fully saturated rings. The fourth-order valence-electron chi connectivity index (χ4n) is 1.03. The van der Waals surface area contributed by atoms with E-state index < -0.39 is 12.1 Å². The molecule has 1 N–H and O–H groups in total. The van der Waals surface area contributed by atoms with E-state index in [9.17, 15) is 9.59 Å². The van der Waals surface area contributed by atoms with E-state index in [4.69, 9.17) is 4.74 Å². The first kappa shape index (κ1) is 14.2. The summed E-state index contributed by atoms with van der Waals surface area (Å²) in [4.78, 5) is 22.1. The molecular formula is C12H12BrNO4. The predicted molar refractivity (Wildman–Crippen MR) is 69.3 cm³/mol. The van der Waals surface area contributed by atoms with Crippen LogP contribution < -0.4 is 10.1 Å². The lowest BCUT2D eigenvalue weighted by Gasteiger charge is -2.07. The van der Waals surface area contributed by atoms with Gasteiger partial charge < -0.3 is 14.8 Å². The van der Waals surface area contributed by atoms with Crippen LogP contribution in [0, 0.1) is 0 Å². The molecule has 1 aromatic carbocycles. The molecule has 0 radical (unpaired) electrons. The number of benzene rings is 1. The Bertz CT molecular complexity index is 447. The predicted octanol–water partition coefficient (Wildman–Crippen LogP) is 2.27. The van der Waals surface area contributed by atoms with Crippen LogP contribution in [0.2, 0.25) is 0 Å². The maximum atomic E-state index is 11.4. The summed E-state index contributed by atoms with van der Waals surface area (Å²) < 4.78 is 10.4. The molecule has 0 atom stereocenters. The molecule has 1 amide bonds. The molecule has 0 bridgehead atoms. The molecule has 6 heteroatoms. The molecule has 0 aliphatic rings. The van der Waals surface area contributed by atoms with Gasteiger partial charge in [0.05, 0.1) is 11.0 Å². The molecule has 5 nitrogen and oxygen atoms in total. The molecule has 0 spiro atoms. The van der Waals surface area contributed by atoms with Crippen molar-refractivity contribution in [1.82, 2.24) is 5.32 Å². The van der Waals surface area contributed by atoms with E-state index in [0.717, 1.165) is 6.08 Å². The Kier molecular flexibility index (Phi) is 5.93. The minimum Gasteiger partial charge on any atom is -0.461 e. The van der Waals surface area contributed by atoms with Crippen molar-refractivity contribution >= 4 is 28.0 Å². The number of hydrogen-bond donors (Lipinski definition) is 1. The normalized spacial score (nSPS) is 9.39. The van der Waals surface area contributed by atoms with Crippen LogP contribution >= 0.6 is 15.9 Å². The molecule has 0 aliphatic heterocycles. The van der Waals surface area contributed by atoms with Gasteiger partial charge in [0, 0.05) is 6.08 Å². The number of hydrogen-bond acceptors (Lipinski definition) is 4. The number of esters is 1. The Hall–Kier alpha value is -1.82. The fourth-order valence-corrected chi connectivity index (χ4v) is 1.39. The van der Waals surface area contributed by atoms with Crippen molar-refractivity contribution in [3.63, 3.8) is 0 Å². The van der Waals surface area contributed by atoms with E-state index >= 15 is 0 Å². The average Bonchev–Trinajstić information content (AvgIpc) is 2.37. The zero-order valence-electron chi connectivity index (χ0n) is 9.52. The topological polar surface area (TPSA) is 64.6 Å². The smallest absolute Gasteiger partial charge is 0.412 e. The highest BCUT2D eigenvalue weighted by atomic mass is 79.9. The molecule has 96 valence electrons. The summed E-state index contributed by atoms with van der Waals surface area (Å²) in [5.41, 5.74) is 0. The second kappa shape index (κ2) is 7.50. The van der Waals surface area contributed by atoms with E-state index in [0.29, 0.717) is 10.2 Å². The summed E-state index contributed by atoms with van der Waals surface area (Å²) in [5.74, 6) is -0.117. The number of para-hydroxylation sites is 1. The quantitative estimate of drug-likeness (QED) is 0.514. The first-order valence-corrected chi connectivity index (χ1v) is 5.92. The van der Waals surface area contributed by atoms with Crippen LogP contribution in [0.1, 0.15) is 0 Å². The fraction of sp³-hybridized carbons (Fsp3) is 0.167. The first-order chi connectivity index (χ1) is 8.63. The number of ether oxygens (including phenoxy) is 2. The van der Waals surface area contributed by atoms with E-state index in [2.05, 4.69) is 32.6 Å². The van der Waals surface area contributed by atoms with Crippen molar-refractivity contribution in [3.8, 4) is 5.75 Å². The van der Waals surface area contributed by atoms with Gasteiger partial charge in [0.1, 0.15) is 12.4 Å². The zero-order chi connectivity index (χ0) is 13.4. The second-order valence-electron chi connectivity index (χ2n) is 3.12. The van der Waals surface area contributed by atoms with Crippen molar-refractivity contribution in [3.05, 3.63) is 41.4 Å². The Balaban J connectivity index is 2.28. The van der Waals surface area contributed by atoms with Crippen molar-refractivity contribution in [2.45, 2.75) is 0 Å². The van der Waals surface area contributed by atoms with Gasteiger partial charge in [-0.2, -0.15) is 0 Å². The maximum Gasteiger partial charge on any atom is 0.412 e. The summed E-state index contributed by atoms with van der Waals surface area (Å²) in [7, 11) is 0. The van der Waals surface area contributed by atoms with E-state index in [-0.39, 0.29) is 13.2 Å². The number of nitrogens with one attached hydrogen (secondary N) is 1. The summed E-state index contributed by atoms with van der Waals surface area (Å²) in [6, 6.07) is 6.97. The number of carbonyl (C=O) groups is 2. The van der Waals surface area contributed by atoms with Gasteiger partial charge in [-0.1, -0.05) is 18.7 Å². The minimum absolute atomic E-state index is 0.0654. The lowest BCUT2D eigenvalue weighted by Crippen LogP contribution is -2.30. The number of amides is 1. The first-order valence-electron chi connectivity index (χ1n) is 5.13. The van der Waals surface area contributed by atoms with Gasteiger partial charge >= 0.3 is 12.1 Å². The molecule has 0 saturated heterocycles. The highest BCUT2D eigenvalue weighted by Gasteiger charge is 2.06. The van der Waals surface area contributed by atoms with Gasteiger partial charge in [0.25, 0.3) is 0 Å². The summed E-state index contributed by atoms with van der Waals surface area (Å²) >= 11 is 3.25. The van der Waals surface area contributed by atoms with Crippen LogP contribution in [-0.2, 0) is 9.53 Å². The largest absolute Gasteiger partial charge is 0.461 e. The van der Waals surface area contributed by atoms with Gasteiger partial charge in [-0.15, -0.1) is 0 Å². The van der Waals surface area contributed by atoms with Gasteiger partial charge in [0.2, 0.25) is 0 Å². The van der Waals surface area contributed by atoms with Crippen LogP contribution in [0.5, 0.6) is 5.75 Å². The molecule has 0 saturated carbocycles. The monoisotopic (exact) mass is 313 g/mol. The maximum absolute atomic E-state index is 11.4. The minimum atomic E-state index is -0.614. The van der Waals surface area contributed by atoms with E-state index in [1.807, 2.05) is 6.07 Å². The Morgan fingerprint density at radius 3 is 2.78 bits per heavy atom. The van der Waals surface area contributed by atoms with Gasteiger partial charge in [0.15, 0.2) is 0 Å². The van der Waals surface area contributed by atoms with Gasteiger partial charge in [-0.3, -0.25) is 0 Å². The van der Waals surface area contributed by atoms with Crippen LogP contribution in [0.4, 0.5) is 4.79 Å². The standard InChI is InChI=1S/C12H12BrNO4/c1-2-11(15)17-8-7-14-12(16)18-10-6-4-3-5-9(10)13/h2-6H,1,7-8H2,(H,14,16). The summed E-state index contributed by atoms with van der Waals surface area (Å²) in [6.07, 6.45) is 0.441. The van der Waals surface area contributed by atoms with Crippen molar-refractivity contribution in [1.29, 1.82) is 0 Å². The summed E-state index contributed by atoms with van der Waals surface area (Å²) in [6.45, 7) is 3.48. The van der Waals surface area contributed by atoms with Crippen LogP contribution in [0.25, 0.3) is 0 Å². The van der Waals surface area contributed by atoms with Gasteiger partial charge in [-0.05, 0) is 28.1 Å². The number of halogens is 1. The highest BCUT2D eigenvalue weighted by Crippen LogP contribution is 2.23. The Morgan fingerprint density at radius 2 is 2.11 bits per heavy atom. The second-order valence-corrected chi connectivity index (χ2v) is 3.97. The van der Waals surface area contributed by atoms with Crippen molar-refractivity contribution < 1.29 is 19.1 Å². The van der Waals surface area contributed by atoms with Gasteiger partial charge in [-0.25, -0.2) is 9.59 Å². The SMILES string of the molecule is C=CC(=O)OCCNC(=O)Oc1ccccc1Br. The lowest BCUT2D eigenvalue weighted by atomic mass is 10.3. The molecular weight excluding hydrogens is 302 g/mol. The molecule has 1 rings (SSSR count). The molecule has 0 aliphatic carbocycles. The summed E-state index contributed by atoms with van der Waals surface area (Å²) in [5, 5.41) is 2.44. The Morgan fingerprint density at radius 1 is 1.39 bits per heavy atom. The molecule has 0 aromatic heterocycles. The average molecular weight is 314 g/mol. The van der Waals surface area contributed by atoms with E-state index in [1.54, 1.807) is 18.2 Å². The van der Waals surface area contributed by atoms with Crippen LogP contribution in [0.15, 0.2) is 41.4 Å². The zero-order valence-corrected chi connectivity index (χ0v) is 11.1. The number of rotatable bonds is 5. The third-order valence-corrected chi connectivity index (χ3v) is 2.48. The third-order valence-electron chi connectivity index (χ3n) is 1.82. The Labute approximate surface area is 113 Å². The molecule has 18 heavy (non-hydrogen) atoms. The molecule has 0 heterocycles. The van der Waals surface area contributed by atoms with Crippen LogP contribution in [-0.4, -0.2) is 25.2 Å². The molecule has 0 unspecified atom stereocenters. The van der Waals surface area contributed by atoms with Crippen molar-refractivity contribution in [2.75, 3.05) is 13.2 Å². The third kappa shape index (κ3) is 5.01. The van der Waals surface area contributed by atoms with Crippen molar-refractivity contribution in [2.24, 2.45) is 0 Å². The highest BCUT2D eigenvalue weighted by molar-refractivity contribution is 9.10. The van der Waals surface area contributed by atoms with E-state index in [1.165, 1.54) is 0 Å².